The van der Waals surface area contributed by atoms with Crippen LogP contribution in [0.25, 0.3) is 0 Å². The molecule has 0 amide bonds. The Morgan fingerprint density at radius 2 is 1.24 bits per heavy atom. The molecule has 0 aromatic heterocycles. The predicted molar refractivity (Wildman–Crippen MR) is 120 cm³/mol. The van der Waals surface area contributed by atoms with Gasteiger partial charge in [-0.1, -0.05) is 100 Å². The maximum atomic E-state index is 6.21. The first-order chi connectivity index (χ1) is 11.8. The fraction of sp³-hybridized carbons (Fsp3) is 0.222. The molecule has 2 aromatic carbocycles. The number of ether oxygens (including phenoxy) is 2. The van der Waals surface area contributed by atoms with Gasteiger partial charge in [-0.3, -0.25) is 0 Å². The van der Waals surface area contributed by atoms with Gasteiger partial charge in [0.05, 0.1) is 0 Å². The lowest BCUT2D eigenvalue weighted by atomic mass is 10.0. The van der Waals surface area contributed by atoms with Crippen molar-refractivity contribution in [2.45, 2.75) is 17.1 Å². The van der Waals surface area contributed by atoms with E-state index in [0.29, 0.717) is 0 Å². The molecule has 25 heavy (non-hydrogen) atoms. The van der Waals surface area contributed by atoms with E-state index in [4.69, 9.17) is 9.47 Å². The Morgan fingerprint density at radius 3 is 1.80 bits per heavy atom. The van der Waals surface area contributed by atoms with E-state index >= 15 is 0 Å². The van der Waals surface area contributed by atoms with Gasteiger partial charge in [-0.25, -0.2) is 0 Å². The van der Waals surface area contributed by atoms with Gasteiger partial charge in [0.1, 0.15) is 17.6 Å². The zero-order valence-electron chi connectivity index (χ0n) is 12.7. The van der Waals surface area contributed by atoms with Gasteiger partial charge in [0.2, 0.25) is 4.51 Å². The first kappa shape index (κ1) is 19.9. The lowest BCUT2D eigenvalue weighted by Gasteiger charge is -2.49. The highest BCUT2D eigenvalue weighted by atomic mass is 79.9. The molecule has 0 fully saturated rings. The summed E-state index contributed by atoms with van der Waals surface area (Å²) in [5.74, 6) is 1.52. The van der Waals surface area contributed by atoms with Crippen molar-refractivity contribution in [1.82, 2.24) is 0 Å². The van der Waals surface area contributed by atoms with E-state index in [1.165, 1.54) is 0 Å². The molecule has 7 heteroatoms. The number of rotatable bonds is 4. The summed E-state index contributed by atoms with van der Waals surface area (Å²) in [6, 6.07) is 19.3. The van der Waals surface area contributed by atoms with E-state index in [1.807, 2.05) is 72.8 Å². The second kappa shape index (κ2) is 7.66. The predicted octanol–water partition coefficient (Wildman–Crippen LogP) is 7.15. The molecule has 0 saturated carbocycles. The fourth-order valence-corrected chi connectivity index (χ4v) is 5.50. The average Bonchev–Trinajstić information content (AvgIpc) is 2.59. The van der Waals surface area contributed by atoms with Crippen LogP contribution in [0.15, 0.2) is 72.8 Å². The normalized spacial score (nSPS) is 26.8. The standard InChI is InChI=1S/C18H13Br5O2/c19-16(25-14-9-5-2-6-10-14)12-11-15(17(20,21)18(16,22)23)24-13-7-3-1-4-8-13/h1-12,15H. The number of halogens is 5. The smallest absolute Gasteiger partial charge is 0.209 e. The zero-order chi connectivity index (χ0) is 18.1. The summed E-state index contributed by atoms with van der Waals surface area (Å²) in [6.07, 6.45) is 3.58. The molecule has 3 rings (SSSR count). The number of hydrogen-bond donors (Lipinski definition) is 0. The molecule has 0 radical (unpaired) electrons. The molecular formula is C18H13Br5O2. The highest BCUT2D eigenvalue weighted by Crippen LogP contribution is 2.62. The van der Waals surface area contributed by atoms with Crippen LogP contribution in [0, 0.1) is 0 Å². The molecule has 132 valence electrons. The molecule has 0 saturated heterocycles. The van der Waals surface area contributed by atoms with Gasteiger partial charge < -0.3 is 9.47 Å². The second-order valence-corrected chi connectivity index (χ2v) is 13.7. The fourth-order valence-electron chi connectivity index (χ4n) is 2.36. The molecule has 2 aromatic rings. The molecule has 2 unspecified atom stereocenters. The van der Waals surface area contributed by atoms with Crippen molar-refractivity contribution in [3.05, 3.63) is 72.8 Å². The van der Waals surface area contributed by atoms with Crippen LogP contribution in [0.1, 0.15) is 0 Å². The second-order valence-electron chi connectivity index (χ2n) is 5.47. The molecule has 2 atom stereocenters. The molecular weight excluding hydrogens is 648 g/mol. The van der Waals surface area contributed by atoms with E-state index in [9.17, 15) is 0 Å². The van der Waals surface area contributed by atoms with Crippen LogP contribution in [0.5, 0.6) is 11.5 Å². The number of benzene rings is 2. The van der Waals surface area contributed by atoms with Crippen LogP contribution in [-0.4, -0.2) is 17.1 Å². The minimum absolute atomic E-state index is 0.307. The molecule has 1 aliphatic rings. The molecule has 2 nitrogen and oxygen atoms in total. The van der Waals surface area contributed by atoms with Gasteiger partial charge in [0.25, 0.3) is 0 Å². The van der Waals surface area contributed by atoms with E-state index in [0.717, 1.165) is 11.5 Å². The first-order valence-corrected chi connectivity index (χ1v) is 11.3. The SMILES string of the molecule is BrC1(Oc2ccccc2)C=CC(Oc2ccccc2)C(Br)(Br)C1(Br)Br. The quantitative estimate of drug-likeness (QED) is 0.256. The van der Waals surface area contributed by atoms with Crippen molar-refractivity contribution in [2.75, 3.05) is 0 Å². The third kappa shape index (κ3) is 3.91. The maximum absolute atomic E-state index is 6.21. The molecule has 0 aliphatic heterocycles. The van der Waals surface area contributed by atoms with Crippen molar-refractivity contribution >= 4 is 79.6 Å². The van der Waals surface area contributed by atoms with Crippen molar-refractivity contribution in [3.8, 4) is 11.5 Å². The monoisotopic (exact) mass is 656 g/mol. The first-order valence-electron chi connectivity index (χ1n) is 7.36. The Labute approximate surface area is 189 Å². The van der Waals surface area contributed by atoms with Gasteiger partial charge in [-0.05, 0) is 52.3 Å². The topological polar surface area (TPSA) is 18.5 Å². The average molecular weight is 661 g/mol. The Kier molecular flexibility index (Phi) is 6.11. The van der Waals surface area contributed by atoms with Crippen LogP contribution >= 0.6 is 79.6 Å². The van der Waals surface area contributed by atoms with Crippen LogP contribution in [0.2, 0.25) is 0 Å². The third-order valence-electron chi connectivity index (χ3n) is 3.71. The van der Waals surface area contributed by atoms with Crippen molar-refractivity contribution < 1.29 is 9.47 Å². The minimum Gasteiger partial charge on any atom is -0.484 e. The van der Waals surface area contributed by atoms with Gasteiger partial charge in [0.15, 0.2) is 6.47 Å². The highest BCUT2D eigenvalue weighted by Gasteiger charge is 2.65. The van der Waals surface area contributed by atoms with Crippen LogP contribution in [-0.2, 0) is 0 Å². The minimum atomic E-state index is -0.870. The van der Waals surface area contributed by atoms with Gasteiger partial charge in [-0.2, -0.15) is 0 Å². The largest absolute Gasteiger partial charge is 0.484 e. The Morgan fingerprint density at radius 1 is 0.720 bits per heavy atom. The van der Waals surface area contributed by atoms with Crippen LogP contribution in [0.4, 0.5) is 0 Å². The lowest BCUT2D eigenvalue weighted by Crippen LogP contribution is -2.61. The Balaban J connectivity index is 1.92. The summed E-state index contributed by atoms with van der Waals surface area (Å²) < 4.78 is 9.99. The summed E-state index contributed by atoms with van der Waals surface area (Å²) in [5, 5.41) is 0. The third-order valence-corrected chi connectivity index (χ3v) is 12.4. The van der Waals surface area contributed by atoms with Gasteiger partial charge >= 0.3 is 0 Å². The summed E-state index contributed by atoms with van der Waals surface area (Å²) in [6.45, 7) is 0. The highest BCUT2D eigenvalue weighted by molar-refractivity contribution is 9.31. The molecule has 0 N–H and O–H groups in total. The van der Waals surface area contributed by atoms with E-state index < -0.39 is 11.0 Å². The van der Waals surface area contributed by atoms with Crippen molar-refractivity contribution in [1.29, 1.82) is 0 Å². The molecule has 1 aliphatic carbocycles. The molecule has 0 spiro atoms. The van der Waals surface area contributed by atoms with Gasteiger partial charge in [0, 0.05) is 0 Å². The van der Waals surface area contributed by atoms with Crippen LogP contribution < -0.4 is 9.47 Å². The van der Waals surface area contributed by atoms with E-state index in [1.54, 1.807) is 0 Å². The Bertz CT molecular complexity index is 749. The van der Waals surface area contributed by atoms with E-state index in [-0.39, 0.29) is 6.10 Å². The van der Waals surface area contributed by atoms with Crippen molar-refractivity contribution in [2.24, 2.45) is 0 Å². The number of hydrogen-bond acceptors (Lipinski definition) is 2. The van der Waals surface area contributed by atoms with Crippen LogP contribution in [0.3, 0.4) is 0 Å². The lowest BCUT2D eigenvalue weighted by molar-refractivity contribution is 0.157. The molecule has 0 bridgehead atoms. The summed E-state index contributed by atoms with van der Waals surface area (Å²) in [7, 11) is 0. The number of alkyl halides is 5. The Hall–Kier alpha value is 0.180. The summed E-state index contributed by atoms with van der Waals surface area (Å²) in [4.78, 5) is 0. The van der Waals surface area contributed by atoms with E-state index in [2.05, 4.69) is 79.6 Å². The zero-order valence-corrected chi connectivity index (χ0v) is 20.6. The number of para-hydroxylation sites is 2. The molecule has 0 heterocycles. The summed E-state index contributed by atoms with van der Waals surface area (Å²) in [5.41, 5.74) is 0. The van der Waals surface area contributed by atoms with Crippen molar-refractivity contribution in [3.63, 3.8) is 0 Å². The van der Waals surface area contributed by atoms with Gasteiger partial charge in [-0.15, -0.1) is 0 Å². The summed E-state index contributed by atoms with van der Waals surface area (Å²) >= 11 is 18.8. The maximum Gasteiger partial charge on any atom is 0.209 e.